The molecule has 1 saturated heterocycles. The smallest absolute Gasteiger partial charge is 0.241 e. The maximum absolute atomic E-state index is 14.3. The van der Waals surface area contributed by atoms with Crippen molar-refractivity contribution in [2.75, 3.05) is 31.1 Å². The maximum Gasteiger partial charge on any atom is 0.241 e. The minimum atomic E-state index is -0.642. The summed E-state index contributed by atoms with van der Waals surface area (Å²) in [6.07, 6.45) is 3.67. The second kappa shape index (κ2) is 10.5. The Morgan fingerprint density at radius 2 is 2.02 bits per heavy atom. The third-order valence-electron chi connectivity index (χ3n) is 8.10. The van der Waals surface area contributed by atoms with Crippen LogP contribution >= 0.6 is 0 Å². The first-order valence-electron chi connectivity index (χ1n) is 13.8. The third kappa shape index (κ3) is 5.27. The highest BCUT2D eigenvalue weighted by Gasteiger charge is 2.41. The summed E-state index contributed by atoms with van der Waals surface area (Å²) in [7, 11) is 0. The largest absolute Gasteiger partial charge is 0.494 e. The van der Waals surface area contributed by atoms with Crippen LogP contribution in [-0.2, 0) is 23.2 Å². The predicted molar refractivity (Wildman–Crippen MR) is 151 cm³/mol. The lowest BCUT2D eigenvalue weighted by atomic mass is 9.91. The van der Waals surface area contributed by atoms with Crippen molar-refractivity contribution >= 4 is 22.5 Å². The van der Waals surface area contributed by atoms with Gasteiger partial charge in [-0.1, -0.05) is 19.9 Å². The zero-order valence-electron chi connectivity index (χ0n) is 23.3. The van der Waals surface area contributed by atoms with Gasteiger partial charge in [0.25, 0.3) is 0 Å². The van der Waals surface area contributed by atoms with Crippen molar-refractivity contribution in [1.82, 2.24) is 30.0 Å². The van der Waals surface area contributed by atoms with Crippen LogP contribution in [0.15, 0.2) is 48.8 Å². The van der Waals surface area contributed by atoms with Gasteiger partial charge in [-0.25, -0.2) is 8.78 Å². The monoisotopic (exact) mass is 561 g/mol. The molecule has 2 aliphatic rings. The van der Waals surface area contributed by atoms with Crippen LogP contribution in [0.5, 0.6) is 5.88 Å². The number of amides is 1. The number of halogens is 2. The van der Waals surface area contributed by atoms with E-state index in [0.29, 0.717) is 48.5 Å². The van der Waals surface area contributed by atoms with Crippen LogP contribution in [0.2, 0.25) is 0 Å². The number of fused-ring (bicyclic) bond motifs is 2. The van der Waals surface area contributed by atoms with Crippen molar-refractivity contribution < 1.29 is 18.7 Å². The molecule has 1 aromatic carbocycles. The van der Waals surface area contributed by atoms with Crippen molar-refractivity contribution in [3.05, 3.63) is 77.4 Å². The summed E-state index contributed by atoms with van der Waals surface area (Å²) < 4.78 is 29.5. The number of carbonyl (C=O) groups excluding carboxylic acids is 1. The molecule has 0 saturated carbocycles. The molecule has 9 nitrogen and oxygen atoms in total. The molecule has 2 aliphatic heterocycles. The number of hydrogen-bond acceptors (Lipinski definition) is 7. The topological polar surface area (TPSA) is 99.4 Å². The minimum Gasteiger partial charge on any atom is -0.494 e. The van der Waals surface area contributed by atoms with Gasteiger partial charge in [-0.2, -0.15) is 10.2 Å². The molecule has 5 heterocycles. The van der Waals surface area contributed by atoms with Crippen molar-refractivity contribution in [2.45, 2.75) is 51.2 Å². The number of aromatic nitrogens is 4. The Labute approximate surface area is 236 Å². The van der Waals surface area contributed by atoms with Crippen LogP contribution in [0.4, 0.5) is 14.5 Å². The lowest BCUT2D eigenvalue weighted by Crippen LogP contribution is -2.59. The van der Waals surface area contributed by atoms with E-state index in [4.69, 9.17) is 0 Å². The van der Waals surface area contributed by atoms with Crippen LogP contribution in [0.25, 0.3) is 10.9 Å². The predicted octanol–water partition coefficient (Wildman–Crippen LogP) is 3.39. The van der Waals surface area contributed by atoms with E-state index < -0.39 is 17.0 Å². The van der Waals surface area contributed by atoms with Crippen LogP contribution in [0, 0.1) is 11.6 Å². The van der Waals surface area contributed by atoms with Gasteiger partial charge in [0.15, 0.2) is 0 Å². The summed E-state index contributed by atoms with van der Waals surface area (Å²) in [4.78, 5) is 22.1. The molecule has 6 rings (SSSR count). The van der Waals surface area contributed by atoms with Crippen LogP contribution in [0.3, 0.4) is 0 Å². The standard InChI is InChI=1S/C30H33F2N7O2/c1-18-13-37(22(12-34-18)14-38-15-25-23(29(38)41)5-4-8-33-25)16-27(40)39-17-30(2,3)28-26(39)11-21(35-36-28)9-19-6-7-20(31)10-24(19)32/h4-8,10-11,15,18,22,34,41H,9,12-14,16-17H2,1-3H3/t18-,22-/m1/s1. The summed E-state index contributed by atoms with van der Waals surface area (Å²) in [6, 6.07) is 9.07. The van der Waals surface area contributed by atoms with Crippen LogP contribution in [0.1, 0.15) is 37.7 Å². The number of hydrogen-bond donors (Lipinski definition) is 2. The highest BCUT2D eigenvalue weighted by atomic mass is 19.1. The molecule has 0 aliphatic carbocycles. The Hall–Kier alpha value is -3.96. The van der Waals surface area contributed by atoms with Crippen molar-refractivity contribution in [1.29, 1.82) is 0 Å². The number of aromatic hydroxyl groups is 1. The number of nitrogens with one attached hydrogen (secondary N) is 1. The Morgan fingerprint density at radius 1 is 1.20 bits per heavy atom. The van der Waals surface area contributed by atoms with E-state index in [1.807, 2.05) is 26.1 Å². The molecular formula is C30H33F2N7O2. The average Bonchev–Trinajstić information content (AvgIpc) is 3.39. The second-order valence-electron chi connectivity index (χ2n) is 11.8. The first kappa shape index (κ1) is 27.2. The van der Waals surface area contributed by atoms with Gasteiger partial charge >= 0.3 is 0 Å². The number of carbonyl (C=O) groups is 1. The average molecular weight is 562 g/mol. The Balaban J connectivity index is 1.23. The summed E-state index contributed by atoms with van der Waals surface area (Å²) in [5.74, 6) is -1.18. The Bertz CT molecular complexity index is 1620. The van der Waals surface area contributed by atoms with E-state index in [9.17, 15) is 18.7 Å². The van der Waals surface area contributed by atoms with E-state index in [0.717, 1.165) is 17.3 Å². The molecule has 0 radical (unpaired) electrons. The Morgan fingerprint density at radius 3 is 2.80 bits per heavy atom. The number of benzene rings is 1. The molecule has 0 unspecified atom stereocenters. The summed E-state index contributed by atoms with van der Waals surface area (Å²) in [5, 5.41) is 23.7. The molecule has 214 valence electrons. The fourth-order valence-corrected chi connectivity index (χ4v) is 5.94. The van der Waals surface area contributed by atoms with E-state index in [-0.39, 0.29) is 36.8 Å². The normalized spacial score (nSPS) is 20.5. The van der Waals surface area contributed by atoms with Crippen molar-refractivity contribution in [3.63, 3.8) is 0 Å². The molecular weight excluding hydrogens is 528 g/mol. The lowest BCUT2D eigenvalue weighted by Gasteiger charge is -2.39. The van der Waals surface area contributed by atoms with Gasteiger partial charge < -0.3 is 19.9 Å². The van der Waals surface area contributed by atoms with Crippen molar-refractivity contribution in [2.24, 2.45) is 0 Å². The molecule has 4 aromatic rings. The van der Waals surface area contributed by atoms with Crippen LogP contribution in [-0.4, -0.2) is 73.9 Å². The first-order chi connectivity index (χ1) is 19.6. The van der Waals surface area contributed by atoms with Gasteiger partial charge in [0, 0.05) is 68.6 Å². The van der Waals surface area contributed by atoms with Gasteiger partial charge in [0.2, 0.25) is 11.8 Å². The van der Waals surface area contributed by atoms with Crippen molar-refractivity contribution in [3.8, 4) is 5.88 Å². The van der Waals surface area contributed by atoms with Gasteiger partial charge in [-0.05, 0) is 36.8 Å². The second-order valence-corrected chi connectivity index (χ2v) is 11.8. The number of pyridine rings is 1. The molecule has 1 amide bonds. The zero-order valence-corrected chi connectivity index (χ0v) is 23.3. The summed E-state index contributed by atoms with van der Waals surface area (Å²) >= 11 is 0. The fraction of sp³-hybridized carbons (Fsp3) is 0.400. The number of anilines is 1. The molecule has 0 bridgehead atoms. The van der Waals surface area contributed by atoms with E-state index in [2.05, 4.69) is 32.3 Å². The van der Waals surface area contributed by atoms with E-state index in [1.165, 1.54) is 12.1 Å². The fourth-order valence-electron chi connectivity index (χ4n) is 5.94. The molecule has 11 heteroatoms. The van der Waals surface area contributed by atoms with Crippen LogP contribution < -0.4 is 10.2 Å². The summed E-state index contributed by atoms with van der Waals surface area (Å²) in [5.41, 5.74) is 2.52. The number of nitrogens with zero attached hydrogens (tertiary/aromatic N) is 6. The molecule has 2 atom stereocenters. The van der Waals surface area contributed by atoms with E-state index in [1.54, 1.807) is 27.8 Å². The lowest BCUT2D eigenvalue weighted by molar-refractivity contribution is -0.120. The first-order valence-corrected chi connectivity index (χ1v) is 13.8. The minimum absolute atomic E-state index is 0.0366. The number of rotatable bonds is 6. The van der Waals surface area contributed by atoms with Gasteiger partial charge in [-0.3, -0.25) is 14.7 Å². The SMILES string of the molecule is C[C@@H]1CN(CC(=O)N2CC(C)(C)c3nnc(Cc4ccc(F)cc4F)cc32)[C@@H](Cn2cc3ncccc3c2O)CN1. The molecule has 41 heavy (non-hydrogen) atoms. The third-order valence-corrected chi connectivity index (χ3v) is 8.10. The van der Waals surface area contributed by atoms with E-state index >= 15 is 0 Å². The Kier molecular flexibility index (Phi) is 6.95. The molecule has 0 spiro atoms. The highest BCUT2D eigenvalue weighted by Crippen LogP contribution is 2.39. The summed E-state index contributed by atoms with van der Waals surface area (Å²) in [6.45, 7) is 8.61. The highest BCUT2D eigenvalue weighted by molar-refractivity contribution is 5.97. The van der Waals surface area contributed by atoms with Gasteiger partial charge in [-0.15, -0.1) is 0 Å². The molecule has 1 fully saturated rings. The maximum atomic E-state index is 14.3. The molecule has 2 N–H and O–H groups in total. The van der Waals surface area contributed by atoms with Gasteiger partial charge in [0.1, 0.15) is 11.6 Å². The van der Waals surface area contributed by atoms with Gasteiger partial charge in [0.05, 0.1) is 34.5 Å². The number of piperazine rings is 1. The quantitative estimate of drug-likeness (QED) is 0.372. The molecule has 3 aromatic heterocycles. The zero-order chi connectivity index (χ0) is 28.9.